The molecule has 0 aliphatic heterocycles. The SMILES string of the molecule is O=C(O)Cn1c(OC(=O)O)cc2cc(NS(=O)(=O)C(F)(F)F)ccc21. The van der Waals surface area contributed by atoms with Gasteiger partial charge in [-0.3, -0.25) is 9.52 Å². The second-order valence-electron chi connectivity index (χ2n) is 4.66. The highest BCUT2D eigenvalue weighted by Gasteiger charge is 2.46. The summed E-state index contributed by atoms with van der Waals surface area (Å²) in [5.74, 6) is -1.71. The summed E-state index contributed by atoms with van der Waals surface area (Å²) in [5, 5.41) is 17.6. The van der Waals surface area contributed by atoms with Crippen molar-refractivity contribution in [2.24, 2.45) is 0 Å². The van der Waals surface area contributed by atoms with Gasteiger partial charge in [-0.15, -0.1) is 0 Å². The quantitative estimate of drug-likeness (QED) is 0.674. The third kappa shape index (κ3) is 3.93. The molecule has 1 aromatic carbocycles. The predicted molar refractivity (Wildman–Crippen MR) is 76.8 cm³/mol. The zero-order valence-corrected chi connectivity index (χ0v) is 12.8. The van der Waals surface area contributed by atoms with Gasteiger partial charge in [0.25, 0.3) is 0 Å². The number of rotatable bonds is 5. The second kappa shape index (κ2) is 6.16. The van der Waals surface area contributed by atoms with E-state index in [1.165, 1.54) is 4.72 Å². The summed E-state index contributed by atoms with van der Waals surface area (Å²) in [7, 11) is -5.64. The van der Waals surface area contributed by atoms with Crippen molar-refractivity contribution in [3.05, 3.63) is 24.3 Å². The molecule has 0 aliphatic rings. The summed E-state index contributed by atoms with van der Waals surface area (Å²) in [4.78, 5) is 21.5. The average molecular weight is 382 g/mol. The lowest BCUT2D eigenvalue weighted by Gasteiger charge is -2.11. The number of benzene rings is 1. The van der Waals surface area contributed by atoms with E-state index in [1.807, 2.05) is 0 Å². The molecule has 2 rings (SSSR count). The van der Waals surface area contributed by atoms with Crippen LogP contribution in [-0.2, 0) is 21.4 Å². The number of nitrogens with one attached hydrogen (secondary N) is 1. The lowest BCUT2D eigenvalue weighted by molar-refractivity contribution is -0.137. The molecule has 3 N–H and O–H groups in total. The molecule has 1 heterocycles. The topological polar surface area (TPSA) is 135 Å². The summed E-state index contributed by atoms with van der Waals surface area (Å²) >= 11 is 0. The van der Waals surface area contributed by atoms with Gasteiger partial charge in [-0.2, -0.15) is 21.6 Å². The highest BCUT2D eigenvalue weighted by Crippen LogP contribution is 2.30. The molecule has 0 saturated heterocycles. The normalized spacial score (nSPS) is 12.1. The number of carboxylic acid groups (broad SMARTS) is 2. The number of nitrogens with zero attached hydrogens (tertiary/aromatic N) is 1. The van der Waals surface area contributed by atoms with Crippen LogP contribution in [0, 0.1) is 0 Å². The van der Waals surface area contributed by atoms with Crippen LogP contribution in [0.5, 0.6) is 5.88 Å². The maximum atomic E-state index is 12.4. The lowest BCUT2D eigenvalue weighted by Crippen LogP contribution is -2.29. The molecule has 0 spiro atoms. The van der Waals surface area contributed by atoms with Crippen molar-refractivity contribution in [2.45, 2.75) is 12.1 Å². The first-order valence-electron chi connectivity index (χ1n) is 6.25. The number of carboxylic acids is 1. The Morgan fingerprint density at radius 3 is 2.36 bits per heavy atom. The molecule has 25 heavy (non-hydrogen) atoms. The molecule has 2 aromatic rings. The van der Waals surface area contributed by atoms with Crippen LogP contribution in [0.4, 0.5) is 23.7 Å². The lowest BCUT2D eigenvalue weighted by atomic mass is 10.2. The number of sulfonamides is 1. The van der Waals surface area contributed by atoms with Gasteiger partial charge in [0, 0.05) is 17.1 Å². The molecule has 0 atom stereocenters. The smallest absolute Gasteiger partial charge is 0.480 e. The van der Waals surface area contributed by atoms with Crippen LogP contribution in [0.15, 0.2) is 24.3 Å². The molecular weight excluding hydrogens is 373 g/mol. The average Bonchev–Trinajstić information content (AvgIpc) is 2.72. The minimum absolute atomic E-state index is 0.0693. The summed E-state index contributed by atoms with van der Waals surface area (Å²) in [5.41, 5.74) is -5.85. The van der Waals surface area contributed by atoms with Gasteiger partial charge >= 0.3 is 27.7 Å². The number of alkyl halides is 3. The Labute approximate surface area is 137 Å². The number of anilines is 1. The molecule has 0 saturated carbocycles. The first-order valence-corrected chi connectivity index (χ1v) is 7.74. The van der Waals surface area contributed by atoms with Gasteiger partial charge in [-0.1, -0.05) is 0 Å². The molecule has 0 radical (unpaired) electrons. The van der Waals surface area contributed by atoms with Gasteiger partial charge in [0.2, 0.25) is 5.88 Å². The largest absolute Gasteiger partial charge is 0.516 e. The zero-order valence-electron chi connectivity index (χ0n) is 11.9. The van der Waals surface area contributed by atoms with E-state index < -0.39 is 39.9 Å². The molecule has 0 fully saturated rings. The van der Waals surface area contributed by atoms with Crippen LogP contribution in [0.3, 0.4) is 0 Å². The number of fused-ring (bicyclic) bond motifs is 1. The number of hydrogen-bond donors (Lipinski definition) is 3. The van der Waals surface area contributed by atoms with E-state index in [9.17, 15) is 31.2 Å². The van der Waals surface area contributed by atoms with E-state index in [0.29, 0.717) is 0 Å². The maximum absolute atomic E-state index is 12.4. The second-order valence-corrected chi connectivity index (χ2v) is 6.33. The summed E-state index contributed by atoms with van der Waals surface area (Å²) in [6, 6.07) is 4.12. The number of halogens is 3. The van der Waals surface area contributed by atoms with Crippen molar-refractivity contribution in [1.82, 2.24) is 4.57 Å². The van der Waals surface area contributed by atoms with E-state index in [-0.39, 0.29) is 16.8 Å². The number of ether oxygens (including phenoxy) is 1. The molecule has 0 aliphatic carbocycles. The Morgan fingerprint density at radius 1 is 1.20 bits per heavy atom. The van der Waals surface area contributed by atoms with E-state index in [4.69, 9.17) is 10.2 Å². The summed E-state index contributed by atoms with van der Waals surface area (Å²) in [6.45, 7) is -0.681. The van der Waals surface area contributed by atoms with Crippen LogP contribution in [-0.4, -0.2) is 40.8 Å². The highest BCUT2D eigenvalue weighted by atomic mass is 32.2. The van der Waals surface area contributed by atoms with Gasteiger partial charge < -0.3 is 19.5 Å². The van der Waals surface area contributed by atoms with Crippen LogP contribution >= 0.6 is 0 Å². The Morgan fingerprint density at radius 2 is 1.84 bits per heavy atom. The van der Waals surface area contributed by atoms with Crippen molar-refractivity contribution >= 4 is 38.7 Å². The molecule has 1 aromatic heterocycles. The Balaban J connectivity index is 2.50. The van der Waals surface area contributed by atoms with Crippen LogP contribution in [0.2, 0.25) is 0 Å². The number of hydrogen-bond acceptors (Lipinski definition) is 5. The third-order valence-corrected chi connectivity index (χ3v) is 4.02. The van der Waals surface area contributed by atoms with Crippen LogP contribution < -0.4 is 9.46 Å². The fourth-order valence-electron chi connectivity index (χ4n) is 1.99. The first-order chi connectivity index (χ1) is 11.4. The molecule has 0 amide bonds. The van der Waals surface area contributed by atoms with Crippen molar-refractivity contribution in [1.29, 1.82) is 0 Å². The fraction of sp³-hybridized carbons (Fsp3) is 0.167. The van der Waals surface area contributed by atoms with Gasteiger partial charge in [0.05, 0.1) is 5.52 Å². The molecule has 13 heteroatoms. The first kappa shape index (κ1) is 18.4. The number of aliphatic carboxylic acids is 1. The molecule has 136 valence electrons. The van der Waals surface area contributed by atoms with Gasteiger partial charge in [0.1, 0.15) is 6.54 Å². The van der Waals surface area contributed by atoms with Gasteiger partial charge in [-0.05, 0) is 18.2 Å². The van der Waals surface area contributed by atoms with Gasteiger partial charge in [-0.25, -0.2) is 4.79 Å². The van der Waals surface area contributed by atoms with Crippen molar-refractivity contribution < 1.29 is 46.1 Å². The zero-order chi connectivity index (χ0) is 19.0. The van der Waals surface area contributed by atoms with E-state index in [0.717, 1.165) is 28.8 Å². The predicted octanol–water partition coefficient (Wildman–Crippen LogP) is 2.04. The third-order valence-electron chi connectivity index (χ3n) is 2.91. The standard InChI is InChI=1S/C12H9F3N2O7S/c13-12(14,15)25(22,23)16-7-1-2-8-6(3-7)4-9(24-11(20)21)17(8)5-10(18)19/h1-4,16H,5H2,(H,18,19)(H,20,21). The van der Waals surface area contributed by atoms with Crippen molar-refractivity contribution in [2.75, 3.05) is 4.72 Å². The summed E-state index contributed by atoms with van der Waals surface area (Å²) < 4.78 is 66.0. The molecular formula is C12H9F3N2O7S. The van der Waals surface area contributed by atoms with Crippen molar-refractivity contribution in [3.63, 3.8) is 0 Å². The molecule has 0 unspecified atom stereocenters. The van der Waals surface area contributed by atoms with Crippen molar-refractivity contribution in [3.8, 4) is 5.88 Å². The Kier molecular flexibility index (Phi) is 4.53. The highest BCUT2D eigenvalue weighted by molar-refractivity contribution is 7.93. The van der Waals surface area contributed by atoms with Gasteiger partial charge in [0.15, 0.2) is 0 Å². The fourth-order valence-corrected chi connectivity index (χ4v) is 2.55. The van der Waals surface area contributed by atoms with Crippen LogP contribution in [0.25, 0.3) is 10.9 Å². The number of carbonyl (C=O) groups is 2. The minimum Gasteiger partial charge on any atom is -0.480 e. The monoisotopic (exact) mass is 382 g/mol. The Bertz CT molecular complexity index is 950. The van der Waals surface area contributed by atoms with E-state index >= 15 is 0 Å². The number of aromatic nitrogens is 1. The van der Waals surface area contributed by atoms with E-state index in [1.54, 1.807) is 0 Å². The maximum Gasteiger partial charge on any atom is 0.516 e. The van der Waals surface area contributed by atoms with E-state index in [2.05, 4.69) is 4.74 Å². The Hall–Kier alpha value is -2.96. The molecule has 0 bridgehead atoms. The minimum atomic E-state index is -5.64. The van der Waals surface area contributed by atoms with Crippen LogP contribution in [0.1, 0.15) is 0 Å². The summed E-state index contributed by atoms with van der Waals surface area (Å²) in [6.07, 6.45) is -1.73. The molecule has 9 nitrogen and oxygen atoms in total.